The van der Waals surface area contributed by atoms with Crippen molar-refractivity contribution in [2.45, 2.75) is 12.5 Å². The first kappa shape index (κ1) is 18.7. The molecular formula is C24H27N3O. The van der Waals surface area contributed by atoms with Crippen LogP contribution in [-0.2, 0) is 0 Å². The van der Waals surface area contributed by atoms with E-state index in [1.165, 1.54) is 16.5 Å². The Hall–Kier alpha value is -2.69. The highest BCUT2D eigenvalue weighted by Crippen LogP contribution is 2.32. The molecule has 0 amide bonds. The van der Waals surface area contributed by atoms with Crippen molar-refractivity contribution in [1.29, 1.82) is 0 Å². The monoisotopic (exact) mass is 373 g/mol. The molecule has 0 aliphatic carbocycles. The highest BCUT2D eigenvalue weighted by atomic mass is 16.5. The quantitative estimate of drug-likeness (QED) is 0.699. The second kappa shape index (κ2) is 9.00. The summed E-state index contributed by atoms with van der Waals surface area (Å²) in [5.41, 5.74) is 3.57. The van der Waals surface area contributed by atoms with Gasteiger partial charge >= 0.3 is 0 Å². The van der Waals surface area contributed by atoms with E-state index in [0.717, 1.165) is 43.9 Å². The molecule has 0 saturated carbocycles. The van der Waals surface area contributed by atoms with E-state index >= 15 is 0 Å². The maximum absolute atomic E-state index is 5.38. The van der Waals surface area contributed by atoms with Crippen molar-refractivity contribution >= 4 is 17.0 Å². The summed E-state index contributed by atoms with van der Waals surface area (Å²) in [4.78, 5) is 7.17. The van der Waals surface area contributed by atoms with Crippen molar-refractivity contribution < 1.29 is 4.74 Å². The Bertz CT molecular complexity index is 933. The Morgan fingerprint density at radius 2 is 1.93 bits per heavy atom. The van der Waals surface area contributed by atoms with Gasteiger partial charge in [-0.1, -0.05) is 42.5 Å². The minimum absolute atomic E-state index is 0.334. The summed E-state index contributed by atoms with van der Waals surface area (Å²) in [6.45, 7) is 4.19. The molecule has 3 aromatic rings. The molecule has 1 fully saturated rings. The molecule has 2 aromatic carbocycles. The molecule has 4 rings (SSSR count). The van der Waals surface area contributed by atoms with E-state index in [9.17, 15) is 0 Å². The van der Waals surface area contributed by atoms with Gasteiger partial charge in [0, 0.05) is 49.9 Å². The Morgan fingerprint density at radius 3 is 2.71 bits per heavy atom. The summed E-state index contributed by atoms with van der Waals surface area (Å²) in [6.07, 6.45) is 7.42. The highest BCUT2D eigenvalue weighted by Gasteiger charge is 2.23. The van der Waals surface area contributed by atoms with Crippen molar-refractivity contribution in [3.05, 3.63) is 78.0 Å². The molecule has 28 heavy (non-hydrogen) atoms. The number of nitrogens with zero attached hydrogens (tertiary/aromatic N) is 2. The number of hydrogen-bond donors (Lipinski definition) is 1. The SMILES string of the molecule is COc1ccc2c(C(CC=Cc3ccccc3)N3CCNCC3)ccnc2c1. The van der Waals surface area contributed by atoms with Gasteiger partial charge in [0.2, 0.25) is 0 Å². The number of nitrogens with one attached hydrogen (secondary N) is 1. The van der Waals surface area contributed by atoms with Gasteiger partial charge in [-0.15, -0.1) is 0 Å². The molecule has 2 heterocycles. The van der Waals surface area contributed by atoms with Gasteiger partial charge in [0.05, 0.1) is 12.6 Å². The molecular weight excluding hydrogens is 346 g/mol. The molecule has 1 saturated heterocycles. The lowest BCUT2D eigenvalue weighted by atomic mass is 9.96. The number of piperazine rings is 1. The van der Waals surface area contributed by atoms with Crippen molar-refractivity contribution in [2.24, 2.45) is 0 Å². The lowest BCUT2D eigenvalue weighted by Crippen LogP contribution is -2.45. The fourth-order valence-corrected chi connectivity index (χ4v) is 3.93. The van der Waals surface area contributed by atoms with E-state index in [2.05, 4.69) is 69.8 Å². The van der Waals surface area contributed by atoms with Gasteiger partial charge in [0.15, 0.2) is 0 Å². The van der Waals surface area contributed by atoms with Crippen LogP contribution in [0.25, 0.3) is 17.0 Å². The van der Waals surface area contributed by atoms with Crippen LogP contribution in [0, 0.1) is 0 Å². The van der Waals surface area contributed by atoms with Gasteiger partial charge < -0.3 is 10.1 Å². The third-order valence-corrected chi connectivity index (χ3v) is 5.40. The van der Waals surface area contributed by atoms with Gasteiger partial charge in [-0.2, -0.15) is 0 Å². The third-order valence-electron chi connectivity index (χ3n) is 5.40. The Balaban J connectivity index is 1.67. The van der Waals surface area contributed by atoms with Crippen LogP contribution in [-0.4, -0.2) is 43.2 Å². The van der Waals surface area contributed by atoms with E-state index in [0.29, 0.717) is 6.04 Å². The standard InChI is InChI=1S/C24H27N3O/c1-28-20-10-11-21-22(12-13-26-23(21)18-20)24(27-16-14-25-15-17-27)9-5-8-19-6-3-2-4-7-19/h2-8,10-13,18,24-25H,9,14-17H2,1H3. The van der Waals surface area contributed by atoms with Crippen LogP contribution in [0.4, 0.5) is 0 Å². The molecule has 1 aromatic heterocycles. The fraction of sp³-hybridized carbons (Fsp3) is 0.292. The summed E-state index contributed by atoms with van der Waals surface area (Å²) in [6, 6.07) is 19.2. The number of benzene rings is 2. The summed E-state index contributed by atoms with van der Waals surface area (Å²) in [5, 5.41) is 4.67. The number of rotatable bonds is 6. The summed E-state index contributed by atoms with van der Waals surface area (Å²) >= 11 is 0. The predicted molar refractivity (Wildman–Crippen MR) is 116 cm³/mol. The maximum atomic E-state index is 5.38. The average molecular weight is 374 g/mol. The van der Waals surface area contributed by atoms with Crippen LogP contribution in [0.1, 0.15) is 23.6 Å². The Kier molecular flexibility index (Phi) is 6.00. The number of aromatic nitrogens is 1. The normalized spacial score (nSPS) is 16.5. The van der Waals surface area contributed by atoms with Crippen molar-refractivity contribution in [3.8, 4) is 5.75 Å². The number of pyridine rings is 1. The second-order valence-corrected chi connectivity index (χ2v) is 7.13. The Morgan fingerprint density at radius 1 is 1.11 bits per heavy atom. The van der Waals surface area contributed by atoms with Crippen LogP contribution in [0.15, 0.2) is 66.9 Å². The van der Waals surface area contributed by atoms with Crippen molar-refractivity contribution in [2.75, 3.05) is 33.3 Å². The summed E-state index contributed by atoms with van der Waals surface area (Å²) in [5.74, 6) is 0.847. The fourth-order valence-electron chi connectivity index (χ4n) is 3.93. The van der Waals surface area contributed by atoms with Crippen LogP contribution in [0.2, 0.25) is 0 Å². The molecule has 4 nitrogen and oxygen atoms in total. The third kappa shape index (κ3) is 4.24. The Labute approximate surface area is 166 Å². The minimum Gasteiger partial charge on any atom is -0.497 e. The first-order valence-electron chi connectivity index (χ1n) is 9.94. The maximum Gasteiger partial charge on any atom is 0.121 e. The van der Waals surface area contributed by atoms with Gasteiger partial charge in [-0.05, 0) is 35.7 Å². The largest absolute Gasteiger partial charge is 0.497 e. The van der Waals surface area contributed by atoms with E-state index in [-0.39, 0.29) is 0 Å². The van der Waals surface area contributed by atoms with Gasteiger partial charge in [0.25, 0.3) is 0 Å². The molecule has 1 unspecified atom stereocenters. The van der Waals surface area contributed by atoms with Crippen molar-refractivity contribution in [3.63, 3.8) is 0 Å². The number of methoxy groups -OCH3 is 1. The zero-order valence-electron chi connectivity index (χ0n) is 16.3. The lowest BCUT2D eigenvalue weighted by molar-refractivity contribution is 0.175. The molecule has 1 aliphatic heterocycles. The molecule has 1 atom stereocenters. The molecule has 1 aliphatic rings. The van der Waals surface area contributed by atoms with E-state index in [4.69, 9.17) is 4.74 Å². The topological polar surface area (TPSA) is 37.4 Å². The number of hydrogen-bond acceptors (Lipinski definition) is 4. The van der Waals surface area contributed by atoms with Crippen LogP contribution in [0.3, 0.4) is 0 Å². The first-order valence-corrected chi connectivity index (χ1v) is 9.94. The molecule has 4 heteroatoms. The molecule has 144 valence electrons. The average Bonchev–Trinajstić information content (AvgIpc) is 2.77. The van der Waals surface area contributed by atoms with Crippen LogP contribution >= 0.6 is 0 Å². The zero-order valence-corrected chi connectivity index (χ0v) is 16.3. The number of ether oxygens (including phenoxy) is 1. The first-order chi connectivity index (χ1) is 13.8. The summed E-state index contributed by atoms with van der Waals surface area (Å²) < 4.78 is 5.38. The second-order valence-electron chi connectivity index (χ2n) is 7.13. The minimum atomic E-state index is 0.334. The highest BCUT2D eigenvalue weighted by molar-refractivity contribution is 5.83. The van der Waals surface area contributed by atoms with E-state index in [1.54, 1.807) is 7.11 Å². The van der Waals surface area contributed by atoms with Crippen molar-refractivity contribution in [1.82, 2.24) is 15.2 Å². The van der Waals surface area contributed by atoms with Crippen LogP contribution in [0.5, 0.6) is 5.75 Å². The molecule has 0 bridgehead atoms. The van der Waals surface area contributed by atoms with Crippen LogP contribution < -0.4 is 10.1 Å². The molecule has 0 radical (unpaired) electrons. The molecule has 1 N–H and O–H groups in total. The van der Waals surface area contributed by atoms with Gasteiger partial charge in [0.1, 0.15) is 5.75 Å². The van der Waals surface area contributed by atoms with E-state index in [1.807, 2.05) is 18.3 Å². The van der Waals surface area contributed by atoms with Gasteiger partial charge in [-0.3, -0.25) is 9.88 Å². The van der Waals surface area contributed by atoms with E-state index < -0.39 is 0 Å². The summed E-state index contributed by atoms with van der Waals surface area (Å²) in [7, 11) is 1.70. The number of fused-ring (bicyclic) bond motifs is 1. The smallest absolute Gasteiger partial charge is 0.121 e. The van der Waals surface area contributed by atoms with Gasteiger partial charge in [-0.25, -0.2) is 0 Å². The molecule has 0 spiro atoms. The zero-order chi connectivity index (χ0) is 19.2. The lowest BCUT2D eigenvalue weighted by Gasteiger charge is -2.35. The predicted octanol–water partition coefficient (Wildman–Crippen LogP) is 4.29.